The van der Waals surface area contributed by atoms with Crippen molar-refractivity contribution in [2.24, 2.45) is 0 Å². The van der Waals surface area contributed by atoms with E-state index in [-0.39, 0.29) is 0 Å². The van der Waals surface area contributed by atoms with Gasteiger partial charge in [-0.05, 0) is 68.4 Å². The van der Waals surface area contributed by atoms with Crippen LogP contribution < -0.4 is 4.74 Å². The maximum atomic E-state index is 6.51. The van der Waals surface area contributed by atoms with E-state index in [1.165, 1.54) is 16.2 Å². The maximum Gasteiger partial charge on any atom is 0.137 e. The first-order valence-electron chi connectivity index (χ1n) is 15.3. The lowest BCUT2D eigenvalue weighted by atomic mass is 10.1. The summed E-state index contributed by atoms with van der Waals surface area (Å²) in [4.78, 5) is 9.11. The van der Waals surface area contributed by atoms with Crippen LogP contribution in [0, 0.1) is 13.8 Å². The Morgan fingerprint density at radius 3 is 2.09 bits per heavy atom. The van der Waals surface area contributed by atoms with E-state index in [4.69, 9.17) is 9.84 Å². The Labute approximate surface area is 264 Å². The van der Waals surface area contributed by atoms with Gasteiger partial charge in [-0.1, -0.05) is 48.5 Å². The molecule has 5 aromatic heterocycles. The van der Waals surface area contributed by atoms with E-state index in [1.54, 1.807) is 0 Å². The zero-order valence-electron chi connectivity index (χ0n) is 25.3. The Bertz CT molecular complexity index is 2540. The Morgan fingerprint density at radius 2 is 1.28 bits per heavy atom. The first-order valence-corrected chi connectivity index (χ1v) is 15.3. The molecule has 0 aliphatic rings. The second-order valence-electron chi connectivity index (χ2n) is 11.5. The number of ether oxygens (including phenoxy) is 1. The van der Waals surface area contributed by atoms with Crippen molar-refractivity contribution in [3.8, 4) is 28.7 Å². The lowest BCUT2D eigenvalue weighted by Crippen LogP contribution is -2.01. The maximum absolute atomic E-state index is 6.51. The van der Waals surface area contributed by atoms with Crippen molar-refractivity contribution in [2.75, 3.05) is 0 Å². The van der Waals surface area contributed by atoms with Crippen LogP contribution in [0.3, 0.4) is 0 Å². The van der Waals surface area contributed by atoms with Crippen molar-refractivity contribution in [2.45, 2.75) is 13.8 Å². The summed E-state index contributed by atoms with van der Waals surface area (Å²) in [5.74, 6) is 2.34. The molecule has 0 unspecified atom stereocenters. The van der Waals surface area contributed by atoms with Crippen LogP contribution in [-0.2, 0) is 0 Å². The highest BCUT2D eigenvalue weighted by Crippen LogP contribution is 2.37. The monoisotopic (exact) mass is 596 g/mol. The Hall–Kier alpha value is -6.21. The van der Waals surface area contributed by atoms with Crippen LogP contribution >= 0.6 is 0 Å². The highest BCUT2D eigenvalue weighted by molar-refractivity contribution is 6.10. The first-order chi connectivity index (χ1) is 22.7. The van der Waals surface area contributed by atoms with Gasteiger partial charge in [-0.2, -0.15) is 5.10 Å². The minimum absolute atomic E-state index is 0.729. The lowest BCUT2D eigenvalue weighted by Gasteiger charge is -2.11. The molecule has 0 aliphatic carbocycles. The number of hydrogen-bond donors (Lipinski definition) is 0. The fraction of sp³-hybridized carbons (Fsp3) is 0.0513. The lowest BCUT2D eigenvalue weighted by molar-refractivity contribution is 0.482. The average Bonchev–Trinajstić information content (AvgIpc) is 3.71. The number of aromatic nitrogens is 6. The van der Waals surface area contributed by atoms with E-state index in [2.05, 4.69) is 106 Å². The molecule has 46 heavy (non-hydrogen) atoms. The normalized spacial score (nSPS) is 11.7. The van der Waals surface area contributed by atoms with E-state index in [1.807, 2.05) is 65.7 Å². The molecule has 9 rings (SSSR count). The van der Waals surface area contributed by atoms with Crippen molar-refractivity contribution in [1.29, 1.82) is 0 Å². The molecule has 0 radical (unpaired) electrons. The number of aryl methyl sites for hydroxylation is 1. The molecular weight excluding hydrogens is 568 g/mol. The largest absolute Gasteiger partial charge is 0.457 e. The number of pyridine rings is 2. The minimum Gasteiger partial charge on any atom is -0.457 e. The zero-order valence-corrected chi connectivity index (χ0v) is 25.3. The average molecular weight is 597 g/mol. The molecule has 7 nitrogen and oxygen atoms in total. The van der Waals surface area contributed by atoms with Gasteiger partial charge >= 0.3 is 0 Å². The standard InChI is InChI=1S/C39H28N6O/c1-25-39(44-35-15-6-4-13-31(35)33-19-21-40-24-37(33)44)26(2)45(42-25)27-10-9-11-28(22-27)46-29-17-18-32-30-12-3-5-14-34(30)43(36(32)23-29)38-16-7-8-20-41-38/h3-24H,1-2H3. The second kappa shape index (κ2) is 10.2. The fourth-order valence-corrected chi connectivity index (χ4v) is 6.83. The molecule has 9 aromatic rings. The van der Waals surface area contributed by atoms with Gasteiger partial charge in [0.05, 0.1) is 51.0 Å². The van der Waals surface area contributed by atoms with Gasteiger partial charge in [0.2, 0.25) is 0 Å². The summed E-state index contributed by atoms with van der Waals surface area (Å²) in [6, 6.07) is 39.3. The van der Waals surface area contributed by atoms with E-state index < -0.39 is 0 Å². The van der Waals surface area contributed by atoms with Crippen LogP contribution in [0.5, 0.6) is 11.5 Å². The Balaban J connectivity index is 1.13. The number of benzene rings is 4. The number of para-hydroxylation sites is 2. The van der Waals surface area contributed by atoms with Crippen LogP contribution in [-0.4, -0.2) is 28.9 Å². The summed E-state index contributed by atoms with van der Waals surface area (Å²) in [6.07, 6.45) is 5.61. The topological polar surface area (TPSA) is 62.7 Å². The first kappa shape index (κ1) is 26.2. The van der Waals surface area contributed by atoms with Crippen molar-refractivity contribution in [3.63, 3.8) is 0 Å². The van der Waals surface area contributed by atoms with Crippen LogP contribution in [0.1, 0.15) is 11.4 Å². The fourth-order valence-electron chi connectivity index (χ4n) is 6.83. The van der Waals surface area contributed by atoms with Crippen molar-refractivity contribution in [1.82, 2.24) is 28.9 Å². The number of nitrogens with zero attached hydrogens (tertiary/aromatic N) is 6. The highest BCUT2D eigenvalue weighted by Gasteiger charge is 2.20. The van der Waals surface area contributed by atoms with Gasteiger partial charge in [-0.3, -0.25) is 9.55 Å². The van der Waals surface area contributed by atoms with Gasteiger partial charge in [-0.15, -0.1) is 0 Å². The molecule has 0 fully saturated rings. The van der Waals surface area contributed by atoms with Crippen LogP contribution in [0.25, 0.3) is 60.8 Å². The summed E-state index contributed by atoms with van der Waals surface area (Å²) in [6.45, 7) is 4.18. The van der Waals surface area contributed by atoms with Gasteiger partial charge in [0, 0.05) is 46.1 Å². The summed E-state index contributed by atoms with van der Waals surface area (Å²) in [5, 5.41) is 9.71. The molecule has 0 amide bonds. The van der Waals surface area contributed by atoms with E-state index in [0.29, 0.717) is 0 Å². The minimum atomic E-state index is 0.729. The summed E-state index contributed by atoms with van der Waals surface area (Å²) >= 11 is 0. The molecule has 4 aromatic carbocycles. The van der Waals surface area contributed by atoms with Gasteiger partial charge in [0.25, 0.3) is 0 Å². The van der Waals surface area contributed by atoms with Crippen molar-refractivity contribution < 1.29 is 4.74 Å². The van der Waals surface area contributed by atoms with E-state index in [0.717, 1.165) is 67.5 Å². The molecule has 0 saturated carbocycles. The smallest absolute Gasteiger partial charge is 0.137 e. The van der Waals surface area contributed by atoms with Crippen LogP contribution in [0.4, 0.5) is 0 Å². The molecule has 0 N–H and O–H groups in total. The van der Waals surface area contributed by atoms with Crippen LogP contribution in [0.15, 0.2) is 134 Å². The SMILES string of the molecule is Cc1nn(-c2cccc(Oc3ccc4c5ccccc5n(-c5ccccn5)c4c3)c2)c(C)c1-n1c2ccccc2c2ccncc21. The van der Waals surface area contributed by atoms with Crippen molar-refractivity contribution in [3.05, 3.63) is 145 Å². The molecule has 0 bridgehead atoms. The number of rotatable bonds is 5. The van der Waals surface area contributed by atoms with E-state index in [9.17, 15) is 0 Å². The van der Waals surface area contributed by atoms with Gasteiger partial charge in [-0.25, -0.2) is 9.67 Å². The summed E-state index contributed by atoms with van der Waals surface area (Å²) in [7, 11) is 0. The third kappa shape index (κ3) is 3.95. The second-order valence-corrected chi connectivity index (χ2v) is 11.5. The molecule has 0 saturated heterocycles. The molecule has 0 aliphatic heterocycles. The third-order valence-electron chi connectivity index (χ3n) is 8.77. The highest BCUT2D eigenvalue weighted by atomic mass is 16.5. The van der Waals surface area contributed by atoms with Gasteiger partial charge in [0.1, 0.15) is 17.3 Å². The number of hydrogen-bond acceptors (Lipinski definition) is 4. The van der Waals surface area contributed by atoms with Crippen LogP contribution in [0.2, 0.25) is 0 Å². The molecule has 0 atom stereocenters. The molecular formula is C39H28N6O. The van der Waals surface area contributed by atoms with Crippen molar-refractivity contribution >= 4 is 43.6 Å². The molecule has 5 heterocycles. The van der Waals surface area contributed by atoms with Gasteiger partial charge < -0.3 is 9.30 Å². The number of fused-ring (bicyclic) bond motifs is 6. The summed E-state index contributed by atoms with van der Waals surface area (Å²) < 4.78 is 13.0. The molecule has 0 spiro atoms. The quantitative estimate of drug-likeness (QED) is 0.199. The predicted octanol–water partition coefficient (Wildman–Crippen LogP) is 9.27. The summed E-state index contributed by atoms with van der Waals surface area (Å²) in [5.41, 5.74) is 8.28. The van der Waals surface area contributed by atoms with E-state index >= 15 is 0 Å². The molecule has 220 valence electrons. The predicted molar refractivity (Wildman–Crippen MR) is 184 cm³/mol. The molecule has 7 heteroatoms. The van der Waals surface area contributed by atoms with Gasteiger partial charge in [0.15, 0.2) is 0 Å². The Morgan fingerprint density at radius 1 is 0.565 bits per heavy atom. The Kier molecular flexibility index (Phi) is 5.80. The third-order valence-corrected chi connectivity index (χ3v) is 8.77. The zero-order chi connectivity index (χ0) is 30.8.